The maximum absolute atomic E-state index is 12.6. The molecule has 5 rings (SSSR count). The van der Waals surface area contributed by atoms with Gasteiger partial charge in [0.1, 0.15) is 0 Å². The van der Waals surface area contributed by atoms with E-state index in [9.17, 15) is 14.7 Å². The third kappa shape index (κ3) is 3.88. The predicted molar refractivity (Wildman–Crippen MR) is 101 cm³/mol. The van der Waals surface area contributed by atoms with Gasteiger partial charge in [-0.05, 0) is 79.9 Å². The van der Waals surface area contributed by atoms with Gasteiger partial charge in [-0.15, -0.1) is 0 Å². The fourth-order valence-corrected chi connectivity index (χ4v) is 6.28. The van der Waals surface area contributed by atoms with Crippen molar-refractivity contribution in [2.75, 3.05) is 13.7 Å². The molecule has 1 aromatic carbocycles. The van der Waals surface area contributed by atoms with E-state index in [0.29, 0.717) is 30.4 Å². The smallest absolute Gasteiger partial charge is 0.337 e. The number of carbonyl (C=O) groups excluding carboxylic acids is 2. The Kier molecular flexibility index (Phi) is 4.75. The van der Waals surface area contributed by atoms with E-state index in [1.54, 1.807) is 12.1 Å². The molecule has 4 bridgehead atoms. The van der Waals surface area contributed by atoms with Crippen LogP contribution in [0.2, 0.25) is 0 Å². The summed E-state index contributed by atoms with van der Waals surface area (Å²) < 4.78 is 4.70. The first-order chi connectivity index (χ1) is 12.9. The fraction of sp³-hybridized carbons (Fsp3) is 0.636. The van der Waals surface area contributed by atoms with Crippen molar-refractivity contribution in [2.24, 2.45) is 17.3 Å². The molecule has 5 heteroatoms. The van der Waals surface area contributed by atoms with Crippen LogP contribution < -0.4 is 5.32 Å². The van der Waals surface area contributed by atoms with Crippen LogP contribution in [0.25, 0.3) is 0 Å². The molecule has 4 fully saturated rings. The molecule has 146 valence electrons. The van der Waals surface area contributed by atoms with E-state index in [1.807, 2.05) is 12.1 Å². The largest absolute Gasteiger partial charge is 0.465 e. The number of aliphatic hydroxyl groups is 1. The van der Waals surface area contributed by atoms with Crippen molar-refractivity contribution in [2.45, 2.75) is 57.0 Å². The van der Waals surface area contributed by atoms with Crippen molar-refractivity contribution in [3.63, 3.8) is 0 Å². The summed E-state index contributed by atoms with van der Waals surface area (Å²) in [6, 6.07) is 7.29. The van der Waals surface area contributed by atoms with Crippen molar-refractivity contribution >= 4 is 11.9 Å². The van der Waals surface area contributed by atoms with Crippen LogP contribution in [0.4, 0.5) is 0 Å². The van der Waals surface area contributed by atoms with E-state index in [0.717, 1.165) is 44.1 Å². The summed E-state index contributed by atoms with van der Waals surface area (Å²) in [6.07, 6.45) is 7.41. The number of nitrogens with one attached hydrogen (secondary N) is 1. The first kappa shape index (κ1) is 18.5. The lowest BCUT2D eigenvalue weighted by Crippen LogP contribution is -2.56. The maximum atomic E-state index is 12.6. The number of carbonyl (C=O) groups is 2. The maximum Gasteiger partial charge on any atom is 0.337 e. The van der Waals surface area contributed by atoms with Crippen molar-refractivity contribution in [1.29, 1.82) is 0 Å². The van der Waals surface area contributed by atoms with Crippen LogP contribution in [0.15, 0.2) is 24.3 Å². The molecule has 2 N–H and O–H groups in total. The Morgan fingerprint density at radius 1 is 1.15 bits per heavy atom. The molecule has 0 radical (unpaired) electrons. The number of hydrogen-bond donors (Lipinski definition) is 2. The Balaban J connectivity index is 1.27. The highest BCUT2D eigenvalue weighted by atomic mass is 16.5. The van der Waals surface area contributed by atoms with E-state index < -0.39 is 5.60 Å². The quantitative estimate of drug-likeness (QED) is 0.754. The van der Waals surface area contributed by atoms with Crippen LogP contribution in [0, 0.1) is 17.3 Å². The second-order valence-electron chi connectivity index (χ2n) is 9.15. The number of methoxy groups -OCH3 is 1. The number of benzene rings is 1. The highest BCUT2D eigenvalue weighted by Crippen LogP contribution is 2.62. The second kappa shape index (κ2) is 6.93. The van der Waals surface area contributed by atoms with Gasteiger partial charge in [0, 0.05) is 13.0 Å². The normalized spacial score (nSPS) is 33.7. The van der Waals surface area contributed by atoms with Gasteiger partial charge in [0.05, 0.1) is 18.3 Å². The van der Waals surface area contributed by atoms with Crippen molar-refractivity contribution in [3.8, 4) is 0 Å². The Morgan fingerprint density at radius 3 is 2.41 bits per heavy atom. The molecule has 4 aliphatic carbocycles. The first-order valence-electron chi connectivity index (χ1n) is 10.1. The summed E-state index contributed by atoms with van der Waals surface area (Å²) in [6.45, 7) is 0.587. The topological polar surface area (TPSA) is 75.6 Å². The van der Waals surface area contributed by atoms with E-state index in [4.69, 9.17) is 4.74 Å². The molecule has 0 aliphatic heterocycles. The third-order valence-electron chi connectivity index (χ3n) is 6.80. The molecule has 0 spiro atoms. The Hall–Kier alpha value is -1.88. The fourth-order valence-electron chi connectivity index (χ4n) is 6.28. The summed E-state index contributed by atoms with van der Waals surface area (Å²) in [4.78, 5) is 24.0. The third-order valence-corrected chi connectivity index (χ3v) is 6.80. The molecule has 4 aliphatic rings. The van der Waals surface area contributed by atoms with Crippen LogP contribution in [0.5, 0.6) is 0 Å². The molecular weight excluding hydrogens is 342 g/mol. The summed E-state index contributed by atoms with van der Waals surface area (Å²) >= 11 is 0. The second-order valence-corrected chi connectivity index (χ2v) is 9.15. The molecule has 27 heavy (non-hydrogen) atoms. The monoisotopic (exact) mass is 371 g/mol. The first-order valence-corrected chi connectivity index (χ1v) is 10.1. The van der Waals surface area contributed by atoms with Crippen LogP contribution in [-0.4, -0.2) is 36.2 Å². The van der Waals surface area contributed by atoms with Gasteiger partial charge in [-0.3, -0.25) is 4.79 Å². The standard InChI is InChI=1S/C22H29NO4/c1-27-20(25)18-4-2-15(3-5-18)6-7-23-19(24)13-21-9-16-8-17(10-21)12-22(26,11-16)14-21/h2-5,16-17,26H,6-14H2,1H3,(H,23,24). The zero-order valence-corrected chi connectivity index (χ0v) is 16.0. The number of hydrogen-bond acceptors (Lipinski definition) is 4. The number of rotatable bonds is 6. The lowest BCUT2D eigenvalue weighted by Gasteiger charge is -2.60. The lowest BCUT2D eigenvalue weighted by molar-refractivity contribution is -0.169. The number of ether oxygens (including phenoxy) is 1. The molecule has 0 heterocycles. The molecule has 0 saturated heterocycles. The molecular formula is C22H29NO4. The molecule has 4 saturated carbocycles. The molecule has 1 amide bonds. The zero-order valence-electron chi connectivity index (χ0n) is 16.0. The summed E-state index contributed by atoms with van der Waals surface area (Å²) in [7, 11) is 1.37. The van der Waals surface area contributed by atoms with Gasteiger partial charge in [-0.25, -0.2) is 4.79 Å². The average Bonchev–Trinajstić information content (AvgIpc) is 2.59. The molecule has 2 unspecified atom stereocenters. The minimum absolute atomic E-state index is 0.0189. The highest BCUT2D eigenvalue weighted by molar-refractivity contribution is 5.89. The van der Waals surface area contributed by atoms with Gasteiger partial charge in [0.25, 0.3) is 0 Å². The van der Waals surface area contributed by atoms with Crippen LogP contribution in [-0.2, 0) is 16.0 Å². The minimum atomic E-state index is -0.508. The van der Waals surface area contributed by atoms with Gasteiger partial charge in [-0.1, -0.05) is 12.1 Å². The van der Waals surface area contributed by atoms with E-state index in [2.05, 4.69) is 5.32 Å². The van der Waals surface area contributed by atoms with Crippen LogP contribution in [0.1, 0.15) is 60.9 Å². The van der Waals surface area contributed by atoms with Gasteiger partial charge < -0.3 is 15.2 Å². The summed E-state index contributed by atoms with van der Waals surface area (Å²) in [5.41, 5.74) is 1.12. The van der Waals surface area contributed by atoms with Crippen LogP contribution in [0.3, 0.4) is 0 Å². The van der Waals surface area contributed by atoms with E-state index in [-0.39, 0.29) is 17.3 Å². The predicted octanol–water partition coefficient (Wildman–Crippen LogP) is 2.85. The number of amides is 1. The van der Waals surface area contributed by atoms with Gasteiger partial charge >= 0.3 is 5.97 Å². The molecule has 5 nitrogen and oxygen atoms in total. The Bertz CT molecular complexity index is 712. The Labute approximate surface area is 160 Å². The molecule has 2 atom stereocenters. The van der Waals surface area contributed by atoms with E-state index >= 15 is 0 Å². The van der Waals surface area contributed by atoms with Crippen LogP contribution >= 0.6 is 0 Å². The van der Waals surface area contributed by atoms with Gasteiger partial charge in [0.15, 0.2) is 0 Å². The van der Waals surface area contributed by atoms with E-state index in [1.165, 1.54) is 13.5 Å². The SMILES string of the molecule is COC(=O)c1ccc(CCNC(=O)CC23CC4CC(CC(O)(C4)C2)C3)cc1. The summed E-state index contributed by atoms with van der Waals surface area (Å²) in [5.74, 6) is 0.980. The molecule has 0 aromatic heterocycles. The van der Waals surface area contributed by atoms with Crippen molar-refractivity contribution < 1.29 is 19.4 Å². The average molecular weight is 371 g/mol. The number of esters is 1. The minimum Gasteiger partial charge on any atom is -0.465 e. The summed E-state index contributed by atoms with van der Waals surface area (Å²) in [5, 5.41) is 13.9. The molecule has 1 aromatic rings. The Morgan fingerprint density at radius 2 is 1.81 bits per heavy atom. The van der Waals surface area contributed by atoms with Gasteiger partial charge in [0.2, 0.25) is 5.91 Å². The zero-order chi connectivity index (χ0) is 19.1. The van der Waals surface area contributed by atoms with Gasteiger partial charge in [-0.2, -0.15) is 0 Å². The lowest BCUT2D eigenvalue weighted by atomic mass is 9.47. The van der Waals surface area contributed by atoms with Crippen molar-refractivity contribution in [1.82, 2.24) is 5.32 Å². The highest BCUT2D eigenvalue weighted by Gasteiger charge is 2.57. The van der Waals surface area contributed by atoms with Crippen molar-refractivity contribution in [3.05, 3.63) is 35.4 Å².